The first kappa shape index (κ1) is 11.7. The van der Waals surface area contributed by atoms with Gasteiger partial charge in [0.05, 0.1) is 0 Å². The van der Waals surface area contributed by atoms with Crippen molar-refractivity contribution in [2.75, 3.05) is 0 Å². The van der Waals surface area contributed by atoms with Gasteiger partial charge in [0.2, 0.25) is 0 Å². The van der Waals surface area contributed by atoms with Crippen molar-refractivity contribution in [3.05, 3.63) is 0 Å². The fourth-order valence-corrected chi connectivity index (χ4v) is 8.53. The third-order valence-electron chi connectivity index (χ3n) is 0.989. The van der Waals surface area contributed by atoms with Crippen LogP contribution >= 0.6 is 0 Å². The third-order valence-corrected chi connectivity index (χ3v) is 8.90. The van der Waals surface area contributed by atoms with Crippen LogP contribution in [0.1, 0.15) is 0 Å². The minimum atomic E-state index is -5.30. The fraction of sp³-hybridized carbons (Fsp3) is 0. The summed E-state index contributed by atoms with van der Waals surface area (Å²) in [6.45, 7) is 0. The van der Waals surface area contributed by atoms with Gasteiger partial charge in [0, 0.05) is 0 Å². The van der Waals surface area contributed by atoms with E-state index in [4.69, 9.17) is 8.23 Å². The highest BCUT2D eigenvalue weighted by molar-refractivity contribution is 6.66. The molecule has 1 atom stereocenters. The molecule has 0 saturated carbocycles. The Morgan fingerprint density at radius 2 is 1.77 bits per heavy atom. The van der Waals surface area contributed by atoms with E-state index >= 15 is 0 Å². The molecule has 78 valence electrons. The second-order valence-corrected chi connectivity index (χ2v) is 10.8. The van der Waals surface area contributed by atoms with E-state index in [1.807, 2.05) is 0 Å². The van der Waals surface area contributed by atoms with Crippen molar-refractivity contribution in [2.24, 2.45) is 0 Å². The van der Waals surface area contributed by atoms with Gasteiger partial charge in [0.25, 0.3) is 30.0 Å². The van der Waals surface area contributed by atoms with Crippen LogP contribution in [-0.4, -0.2) is 48.9 Å². The quantitative estimate of drug-likeness (QED) is 0.354. The molecule has 0 N–H and O–H groups in total. The van der Waals surface area contributed by atoms with Crippen LogP contribution in [0.3, 0.4) is 0 Å². The average Bonchev–Trinajstić information content (AvgIpc) is 2.01. The van der Waals surface area contributed by atoms with E-state index in [-0.39, 0.29) is 0 Å². The number of rotatable bonds is 0. The van der Waals surface area contributed by atoms with E-state index in [1.54, 1.807) is 0 Å². The monoisotopic (exact) mass is 284 g/mol. The Hall–Kier alpha value is 0.674. The van der Waals surface area contributed by atoms with Gasteiger partial charge in [-0.1, -0.05) is 0 Å². The summed E-state index contributed by atoms with van der Waals surface area (Å²) >= 11 is 0. The summed E-state index contributed by atoms with van der Waals surface area (Å²) in [7, 11) is -13.6. The lowest BCUT2D eigenvalue weighted by Crippen LogP contribution is -2.42. The number of halogens is 3. The molecule has 0 aromatic carbocycles. The summed E-state index contributed by atoms with van der Waals surface area (Å²) in [5.74, 6) is 0. The molecule has 0 radical (unpaired) electrons. The Balaban J connectivity index is 2.40. The molecule has 0 bridgehead atoms. The molecule has 0 aliphatic carbocycles. The van der Waals surface area contributed by atoms with Crippen LogP contribution in [0.15, 0.2) is 0 Å². The largest absolute Gasteiger partial charge is 0.744 e. The molecule has 0 spiro atoms. The van der Waals surface area contributed by atoms with Crippen molar-refractivity contribution >= 4 is 48.9 Å². The van der Waals surface area contributed by atoms with Crippen molar-refractivity contribution in [3.8, 4) is 0 Å². The van der Waals surface area contributed by atoms with Gasteiger partial charge in [-0.2, -0.15) is 0 Å². The Morgan fingerprint density at radius 1 is 1.08 bits per heavy atom. The highest BCUT2D eigenvalue weighted by atomic mass is 28.5. The molecule has 1 unspecified atom stereocenters. The van der Waals surface area contributed by atoms with E-state index < -0.39 is 48.9 Å². The molecule has 13 heavy (non-hydrogen) atoms. The van der Waals surface area contributed by atoms with E-state index in [2.05, 4.69) is 12.3 Å². The second kappa shape index (κ2) is 5.53. The van der Waals surface area contributed by atoms with E-state index in [9.17, 15) is 12.3 Å². The number of hydrogen-bond donors (Lipinski definition) is 0. The molecule has 1 aliphatic rings. The van der Waals surface area contributed by atoms with Gasteiger partial charge >= 0.3 is 18.8 Å². The van der Waals surface area contributed by atoms with E-state index in [0.717, 1.165) is 0 Å². The Morgan fingerprint density at radius 3 is 2.54 bits per heavy atom. The summed E-state index contributed by atoms with van der Waals surface area (Å²) in [5, 5.41) is 0. The summed E-state index contributed by atoms with van der Waals surface area (Å²) < 4.78 is 59.4. The van der Waals surface area contributed by atoms with Crippen molar-refractivity contribution in [1.82, 2.24) is 0 Å². The van der Waals surface area contributed by atoms with Crippen LogP contribution in [0.2, 0.25) is 0 Å². The van der Waals surface area contributed by atoms with E-state index in [0.29, 0.717) is 0 Å². The zero-order chi connectivity index (χ0) is 9.73. The molecule has 1 rings (SSSR count). The number of hydrogen-bond acceptors (Lipinski definition) is 5. The first-order chi connectivity index (χ1) is 6.10. The van der Waals surface area contributed by atoms with Crippen molar-refractivity contribution < 1.29 is 32.9 Å². The second-order valence-electron chi connectivity index (χ2n) is 1.93. The first-order valence-corrected chi connectivity index (χ1v) is 9.62. The predicted molar refractivity (Wildman–Crippen MR) is 47.3 cm³/mol. The summed E-state index contributed by atoms with van der Waals surface area (Å²) in [5.41, 5.74) is 0. The molecule has 5 nitrogen and oxygen atoms in total. The van der Waals surface area contributed by atoms with Gasteiger partial charge in [-0.05, 0) is 0 Å². The topological polar surface area (TPSA) is 46.2 Å². The Kier molecular flexibility index (Phi) is 5.00. The van der Waals surface area contributed by atoms with Crippen LogP contribution in [-0.2, 0) is 20.6 Å². The molecule has 0 aromatic heterocycles. The molecular weight excluding hydrogens is 277 g/mol. The minimum Gasteiger partial charge on any atom is -0.425 e. The van der Waals surface area contributed by atoms with Gasteiger partial charge in [-0.15, -0.1) is 0 Å². The Bertz CT molecular complexity index is 155. The lowest BCUT2D eigenvalue weighted by atomic mass is 15.7. The Labute approximate surface area is 82.3 Å². The third kappa shape index (κ3) is 5.19. The van der Waals surface area contributed by atoms with Gasteiger partial charge in [-0.25, -0.2) is 12.3 Å². The van der Waals surface area contributed by atoms with Crippen LogP contribution in [0.5, 0.6) is 0 Å². The first-order valence-electron chi connectivity index (χ1n) is 3.21. The maximum absolute atomic E-state index is 12.6. The molecule has 1 fully saturated rings. The lowest BCUT2D eigenvalue weighted by Gasteiger charge is -2.17. The SMILES string of the molecule is F[SiH]1O[SiH2]O[SiH2]O[SiH2]O[Si](F)(F)O1. The normalized spacial score (nSPS) is 36.7. The molecule has 1 aliphatic heterocycles. The molecular formula is H7F3O5Si5. The van der Waals surface area contributed by atoms with E-state index in [1.165, 1.54) is 0 Å². The fourth-order valence-electron chi connectivity index (χ4n) is 0.515. The van der Waals surface area contributed by atoms with Crippen molar-refractivity contribution in [2.45, 2.75) is 0 Å². The van der Waals surface area contributed by atoms with Crippen LogP contribution in [0.25, 0.3) is 0 Å². The lowest BCUT2D eigenvalue weighted by molar-refractivity contribution is 0.191. The van der Waals surface area contributed by atoms with Crippen LogP contribution in [0, 0.1) is 0 Å². The smallest absolute Gasteiger partial charge is 0.425 e. The van der Waals surface area contributed by atoms with Crippen LogP contribution in [0.4, 0.5) is 12.3 Å². The standard InChI is InChI=1S/F3H7O5Si5/c1-12-6-10-4-9-5-11-7-13(2,3)8-12/h12H,9-11H2. The maximum Gasteiger partial charge on any atom is 0.744 e. The average molecular weight is 284 g/mol. The predicted octanol–water partition coefficient (Wildman–Crippen LogP) is -2.86. The molecule has 1 saturated heterocycles. The summed E-state index contributed by atoms with van der Waals surface area (Å²) in [6, 6.07) is 0. The summed E-state index contributed by atoms with van der Waals surface area (Å²) in [4.78, 5) is 0. The van der Waals surface area contributed by atoms with Gasteiger partial charge in [0.15, 0.2) is 0 Å². The van der Waals surface area contributed by atoms with Gasteiger partial charge in [-0.3, -0.25) is 0 Å². The zero-order valence-electron chi connectivity index (χ0n) is 6.37. The molecule has 0 aromatic rings. The minimum absolute atomic E-state index is 1.30. The molecule has 13 heteroatoms. The molecule has 1 heterocycles. The highest BCUT2D eigenvalue weighted by Crippen LogP contribution is 2.12. The highest BCUT2D eigenvalue weighted by Gasteiger charge is 2.46. The van der Waals surface area contributed by atoms with Gasteiger partial charge < -0.3 is 20.6 Å². The van der Waals surface area contributed by atoms with Crippen molar-refractivity contribution in [1.29, 1.82) is 0 Å². The summed E-state index contributed by atoms with van der Waals surface area (Å²) in [6.07, 6.45) is 0. The molecule has 0 amide bonds. The maximum atomic E-state index is 12.6. The zero-order valence-corrected chi connectivity index (χ0v) is 12.8. The van der Waals surface area contributed by atoms with Gasteiger partial charge in [0.1, 0.15) is 0 Å². The van der Waals surface area contributed by atoms with Crippen molar-refractivity contribution in [3.63, 3.8) is 0 Å². The van der Waals surface area contributed by atoms with Crippen LogP contribution < -0.4 is 0 Å².